The van der Waals surface area contributed by atoms with E-state index in [1.807, 2.05) is 6.92 Å². The quantitative estimate of drug-likeness (QED) is 0.700. The van der Waals surface area contributed by atoms with Crippen molar-refractivity contribution in [2.45, 2.75) is 38.3 Å². The molecule has 1 N–H and O–H groups in total. The summed E-state index contributed by atoms with van der Waals surface area (Å²) in [4.78, 5) is 12.3. The number of nitrogens with zero attached hydrogens (tertiary/aromatic N) is 1. The van der Waals surface area contributed by atoms with Crippen molar-refractivity contribution in [1.29, 1.82) is 0 Å². The van der Waals surface area contributed by atoms with Crippen LogP contribution in [0.5, 0.6) is 5.75 Å². The molecule has 27 heavy (non-hydrogen) atoms. The lowest BCUT2D eigenvalue weighted by Crippen LogP contribution is -2.41. The number of benzene rings is 1. The zero-order valence-electron chi connectivity index (χ0n) is 15.9. The van der Waals surface area contributed by atoms with Crippen molar-refractivity contribution in [3.8, 4) is 5.75 Å². The van der Waals surface area contributed by atoms with Crippen LogP contribution in [0.3, 0.4) is 0 Å². The first-order valence-corrected chi connectivity index (χ1v) is 11.2. The Morgan fingerprint density at radius 3 is 2.56 bits per heavy atom. The van der Waals surface area contributed by atoms with Gasteiger partial charge in [-0.2, -0.15) is 0 Å². The summed E-state index contributed by atoms with van der Waals surface area (Å²) in [6, 6.07) is 4.87. The van der Waals surface area contributed by atoms with Gasteiger partial charge in [0.1, 0.15) is 11.9 Å². The number of hydrogen-bond donors (Lipinski definition) is 1. The molecule has 0 saturated carbocycles. The Bertz CT molecular complexity index is 748. The van der Waals surface area contributed by atoms with Crippen LogP contribution in [0.4, 0.5) is 0 Å². The van der Waals surface area contributed by atoms with Crippen molar-refractivity contribution >= 4 is 27.5 Å². The Morgan fingerprint density at radius 2 is 2.04 bits per heavy atom. The second-order valence-corrected chi connectivity index (χ2v) is 9.05. The van der Waals surface area contributed by atoms with Crippen LogP contribution in [0.25, 0.3) is 0 Å². The van der Waals surface area contributed by atoms with E-state index in [4.69, 9.17) is 21.1 Å². The SMILES string of the molecule is CC[C@H](COC)NC(=O)c1ccc(OC2CCN(S(C)(=O)=O)CC2)c(Cl)c1. The van der Waals surface area contributed by atoms with Crippen LogP contribution in [-0.2, 0) is 14.8 Å². The van der Waals surface area contributed by atoms with Crippen LogP contribution in [0.2, 0.25) is 5.02 Å². The summed E-state index contributed by atoms with van der Waals surface area (Å²) in [5.41, 5.74) is 0.453. The molecule has 0 spiro atoms. The Hall–Kier alpha value is -1.35. The summed E-state index contributed by atoms with van der Waals surface area (Å²) in [5, 5.41) is 3.26. The molecule has 9 heteroatoms. The lowest BCUT2D eigenvalue weighted by atomic mass is 10.1. The molecule has 7 nitrogen and oxygen atoms in total. The number of hydrogen-bond acceptors (Lipinski definition) is 5. The van der Waals surface area contributed by atoms with Gasteiger partial charge < -0.3 is 14.8 Å². The van der Waals surface area contributed by atoms with Gasteiger partial charge in [0.05, 0.1) is 23.9 Å². The highest BCUT2D eigenvalue weighted by Crippen LogP contribution is 2.28. The van der Waals surface area contributed by atoms with Gasteiger partial charge >= 0.3 is 0 Å². The number of nitrogens with one attached hydrogen (secondary N) is 1. The Labute approximate surface area is 166 Å². The highest BCUT2D eigenvalue weighted by molar-refractivity contribution is 7.88. The van der Waals surface area contributed by atoms with Crippen molar-refractivity contribution in [1.82, 2.24) is 9.62 Å². The molecule has 152 valence electrons. The Kier molecular flexibility index (Phi) is 7.91. The van der Waals surface area contributed by atoms with E-state index in [2.05, 4.69) is 5.32 Å². The van der Waals surface area contributed by atoms with Gasteiger partial charge in [0.15, 0.2) is 0 Å². The number of carbonyl (C=O) groups is 1. The van der Waals surface area contributed by atoms with Gasteiger partial charge in [-0.05, 0) is 37.5 Å². The van der Waals surface area contributed by atoms with E-state index < -0.39 is 10.0 Å². The number of methoxy groups -OCH3 is 1. The molecule has 0 aromatic heterocycles. The van der Waals surface area contributed by atoms with E-state index in [0.717, 1.165) is 6.42 Å². The first-order chi connectivity index (χ1) is 12.7. The summed E-state index contributed by atoms with van der Waals surface area (Å²) in [6.07, 6.45) is 3.07. The first-order valence-electron chi connectivity index (χ1n) is 8.95. The second-order valence-electron chi connectivity index (χ2n) is 6.66. The van der Waals surface area contributed by atoms with Crippen molar-refractivity contribution in [2.24, 2.45) is 0 Å². The van der Waals surface area contributed by atoms with Gasteiger partial charge in [-0.1, -0.05) is 18.5 Å². The molecule has 0 unspecified atom stereocenters. The molecule has 0 radical (unpaired) electrons. The summed E-state index contributed by atoms with van der Waals surface area (Å²) in [6.45, 7) is 3.28. The van der Waals surface area contributed by atoms with Crippen LogP contribution < -0.4 is 10.1 Å². The van der Waals surface area contributed by atoms with E-state index in [9.17, 15) is 13.2 Å². The minimum atomic E-state index is -3.16. The maximum absolute atomic E-state index is 12.3. The van der Waals surface area contributed by atoms with Crippen molar-refractivity contribution in [2.75, 3.05) is 33.1 Å². The molecule has 1 amide bonds. The number of halogens is 1. The van der Waals surface area contributed by atoms with Gasteiger partial charge in [0.2, 0.25) is 10.0 Å². The van der Waals surface area contributed by atoms with E-state index >= 15 is 0 Å². The van der Waals surface area contributed by atoms with E-state index in [0.29, 0.717) is 48.9 Å². The average Bonchev–Trinajstić information content (AvgIpc) is 2.62. The maximum Gasteiger partial charge on any atom is 0.251 e. The number of carbonyl (C=O) groups excluding carboxylic acids is 1. The predicted molar refractivity (Wildman–Crippen MR) is 105 cm³/mol. The minimum Gasteiger partial charge on any atom is -0.489 e. The molecule has 0 aliphatic carbocycles. The number of ether oxygens (including phenoxy) is 2. The number of rotatable bonds is 8. The van der Waals surface area contributed by atoms with Crippen LogP contribution in [-0.4, -0.2) is 63.8 Å². The maximum atomic E-state index is 12.3. The summed E-state index contributed by atoms with van der Waals surface area (Å²) < 4.78 is 35.6. The smallest absolute Gasteiger partial charge is 0.251 e. The molecular formula is C18H27ClN2O5S. The Balaban J connectivity index is 1.96. The second kappa shape index (κ2) is 9.73. The van der Waals surface area contributed by atoms with E-state index in [1.165, 1.54) is 10.6 Å². The fraction of sp³-hybridized carbons (Fsp3) is 0.611. The molecule has 1 aromatic carbocycles. The molecule has 1 heterocycles. The monoisotopic (exact) mass is 418 g/mol. The fourth-order valence-electron chi connectivity index (χ4n) is 2.93. The zero-order valence-corrected chi connectivity index (χ0v) is 17.5. The third-order valence-corrected chi connectivity index (χ3v) is 6.15. The normalized spacial score (nSPS) is 17.5. The van der Waals surface area contributed by atoms with Crippen molar-refractivity contribution < 1.29 is 22.7 Å². The molecule has 1 aliphatic rings. The lowest BCUT2D eigenvalue weighted by molar-refractivity contribution is 0.0894. The van der Waals surface area contributed by atoms with Crippen molar-refractivity contribution in [3.05, 3.63) is 28.8 Å². The third-order valence-electron chi connectivity index (χ3n) is 4.55. The molecule has 1 saturated heterocycles. The first kappa shape index (κ1) is 21.9. The molecule has 1 aliphatic heterocycles. The fourth-order valence-corrected chi connectivity index (χ4v) is 4.03. The highest BCUT2D eigenvalue weighted by atomic mass is 35.5. The van der Waals surface area contributed by atoms with Gasteiger partial charge in [-0.25, -0.2) is 12.7 Å². The van der Waals surface area contributed by atoms with Crippen LogP contribution in [0.15, 0.2) is 18.2 Å². The molecule has 0 bridgehead atoms. The third kappa shape index (κ3) is 6.34. The van der Waals surface area contributed by atoms with Crippen LogP contribution in [0.1, 0.15) is 36.5 Å². The minimum absolute atomic E-state index is 0.0581. The molecule has 1 fully saturated rings. The number of piperidine rings is 1. The van der Waals surface area contributed by atoms with Gasteiger partial charge in [-0.3, -0.25) is 4.79 Å². The summed E-state index contributed by atoms with van der Waals surface area (Å²) in [7, 11) is -1.57. The highest BCUT2D eigenvalue weighted by Gasteiger charge is 2.26. The van der Waals surface area contributed by atoms with E-state index in [-0.39, 0.29) is 18.1 Å². The Morgan fingerprint density at radius 1 is 1.37 bits per heavy atom. The molecule has 1 aromatic rings. The largest absolute Gasteiger partial charge is 0.489 e. The van der Waals surface area contributed by atoms with Gasteiger partial charge in [0, 0.05) is 25.8 Å². The van der Waals surface area contributed by atoms with Gasteiger partial charge in [-0.15, -0.1) is 0 Å². The average molecular weight is 419 g/mol. The van der Waals surface area contributed by atoms with Gasteiger partial charge in [0.25, 0.3) is 5.91 Å². The summed E-state index contributed by atoms with van der Waals surface area (Å²) >= 11 is 6.29. The summed E-state index contributed by atoms with van der Waals surface area (Å²) in [5.74, 6) is 0.281. The van der Waals surface area contributed by atoms with E-state index in [1.54, 1.807) is 25.3 Å². The lowest BCUT2D eigenvalue weighted by Gasteiger charge is -2.30. The standard InChI is InChI=1S/C18H27ClN2O5S/c1-4-14(12-25-2)20-18(22)13-5-6-17(16(19)11-13)26-15-7-9-21(10-8-15)27(3,23)24/h5-6,11,14-15H,4,7-10,12H2,1-3H3,(H,20,22)/t14-/m1/s1. The predicted octanol–water partition coefficient (Wildman–Crippen LogP) is 2.30. The molecule has 1 atom stereocenters. The van der Waals surface area contributed by atoms with Crippen LogP contribution >= 0.6 is 11.6 Å². The van der Waals surface area contributed by atoms with Crippen molar-refractivity contribution in [3.63, 3.8) is 0 Å². The topological polar surface area (TPSA) is 84.9 Å². The van der Waals surface area contributed by atoms with Crippen LogP contribution in [0, 0.1) is 0 Å². The molecular weight excluding hydrogens is 392 g/mol. The number of amides is 1. The number of sulfonamides is 1. The molecule has 2 rings (SSSR count). The zero-order chi connectivity index (χ0) is 20.0.